The van der Waals surface area contributed by atoms with E-state index in [-0.39, 0.29) is 11.9 Å². The first-order chi connectivity index (χ1) is 7.66. The number of carbonyl (C=O) groups is 1. The van der Waals surface area contributed by atoms with Gasteiger partial charge in [0.1, 0.15) is 17.2 Å². The smallest absolute Gasteiger partial charge is 0.271 e. The molecule has 0 bridgehead atoms. The van der Waals surface area contributed by atoms with Crippen molar-refractivity contribution >= 4 is 17.2 Å². The van der Waals surface area contributed by atoms with E-state index in [1.54, 1.807) is 10.9 Å². The van der Waals surface area contributed by atoms with Gasteiger partial charge in [-0.25, -0.2) is 4.98 Å². The van der Waals surface area contributed by atoms with Crippen LogP contribution in [0.15, 0.2) is 27.4 Å². The summed E-state index contributed by atoms with van der Waals surface area (Å²) < 4.78 is 5.43. The van der Waals surface area contributed by atoms with E-state index in [2.05, 4.69) is 10.3 Å². The van der Waals surface area contributed by atoms with Crippen molar-refractivity contribution in [2.24, 2.45) is 0 Å². The number of hydrogen-bond acceptors (Lipinski definition) is 4. The summed E-state index contributed by atoms with van der Waals surface area (Å²) in [6.07, 6.45) is 0. The minimum absolute atomic E-state index is 0.150. The Morgan fingerprint density at radius 1 is 1.56 bits per heavy atom. The molecule has 5 heteroatoms. The second-order valence-electron chi connectivity index (χ2n) is 3.52. The van der Waals surface area contributed by atoms with Gasteiger partial charge in [-0.05, 0) is 26.0 Å². The van der Waals surface area contributed by atoms with E-state index in [0.717, 1.165) is 11.5 Å². The summed E-state index contributed by atoms with van der Waals surface area (Å²) in [5, 5.41) is 4.54. The molecule has 0 aromatic carbocycles. The van der Waals surface area contributed by atoms with Crippen molar-refractivity contribution in [3.63, 3.8) is 0 Å². The number of aromatic nitrogens is 1. The number of nitrogens with one attached hydrogen (secondary N) is 1. The Hall–Kier alpha value is -1.62. The normalized spacial score (nSPS) is 12.4. The topological polar surface area (TPSA) is 55.1 Å². The Morgan fingerprint density at radius 3 is 2.94 bits per heavy atom. The largest absolute Gasteiger partial charge is 0.464 e. The molecule has 0 aliphatic heterocycles. The first-order valence-electron chi connectivity index (χ1n) is 4.92. The zero-order valence-corrected chi connectivity index (χ0v) is 9.88. The maximum absolute atomic E-state index is 11.7. The van der Waals surface area contributed by atoms with Gasteiger partial charge in [-0.3, -0.25) is 4.79 Å². The van der Waals surface area contributed by atoms with E-state index >= 15 is 0 Å². The van der Waals surface area contributed by atoms with Crippen molar-refractivity contribution in [2.45, 2.75) is 19.9 Å². The van der Waals surface area contributed by atoms with E-state index < -0.39 is 0 Å². The van der Waals surface area contributed by atoms with Crippen molar-refractivity contribution in [3.05, 3.63) is 40.2 Å². The molecule has 0 saturated heterocycles. The summed E-state index contributed by atoms with van der Waals surface area (Å²) in [6, 6.07) is 3.59. The van der Waals surface area contributed by atoms with Crippen LogP contribution in [0.5, 0.6) is 0 Å². The molecule has 1 N–H and O–H groups in total. The Bertz CT molecular complexity index is 476. The Labute approximate surface area is 97.3 Å². The number of amides is 1. The fourth-order valence-electron chi connectivity index (χ4n) is 1.35. The van der Waals surface area contributed by atoms with Crippen LogP contribution in [0, 0.1) is 6.92 Å². The molecule has 4 nitrogen and oxygen atoms in total. The molecule has 0 aliphatic rings. The summed E-state index contributed by atoms with van der Waals surface area (Å²) in [7, 11) is 0. The van der Waals surface area contributed by atoms with Crippen molar-refractivity contribution < 1.29 is 9.21 Å². The average molecular weight is 236 g/mol. The number of rotatable bonds is 3. The van der Waals surface area contributed by atoms with Gasteiger partial charge in [0.2, 0.25) is 0 Å². The molecule has 2 aromatic heterocycles. The van der Waals surface area contributed by atoms with E-state index in [1.165, 1.54) is 11.3 Å². The van der Waals surface area contributed by atoms with E-state index in [4.69, 9.17) is 4.42 Å². The molecule has 1 atom stereocenters. The molecule has 2 rings (SSSR count). The van der Waals surface area contributed by atoms with Gasteiger partial charge < -0.3 is 9.73 Å². The van der Waals surface area contributed by atoms with Crippen LogP contribution < -0.4 is 5.32 Å². The standard InChI is InChI=1S/C11H12N2O2S/c1-7-3-4-10(15-7)8(2)13-11(14)9-5-16-6-12-9/h3-6,8H,1-2H3,(H,13,14). The summed E-state index contributed by atoms with van der Waals surface area (Å²) in [5.41, 5.74) is 2.08. The van der Waals surface area contributed by atoms with Crippen LogP contribution in [0.1, 0.15) is 35.0 Å². The molecule has 2 heterocycles. The molecule has 1 unspecified atom stereocenters. The number of hydrogen-bond donors (Lipinski definition) is 1. The summed E-state index contributed by atoms with van der Waals surface area (Å²) in [6.45, 7) is 3.75. The third-order valence-electron chi connectivity index (χ3n) is 2.20. The van der Waals surface area contributed by atoms with E-state index in [1.807, 2.05) is 26.0 Å². The van der Waals surface area contributed by atoms with Crippen LogP contribution in [0.4, 0.5) is 0 Å². The molecule has 1 amide bonds. The summed E-state index contributed by atoms with van der Waals surface area (Å²) in [4.78, 5) is 15.6. The highest BCUT2D eigenvalue weighted by molar-refractivity contribution is 7.07. The van der Waals surface area contributed by atoms with Gasteiger partial charge in [-0.1, -0.05) is 0 Å². The quantitative estimate of drug-likeness (QED) is 0.891. The summed E-state index contributed by atoms with van der Waals surface area (Å²) in [5.74, 6) is 1.41. The van der Waals surface area contributed by atoms with Crippen LogP contribution in [0.3, 0.4) is 0 Å². The number of nitrogens with zero attached hydrogens (tertiary/aromatic N) is 1. The highest BCUT2D eigenvalue weighted by atomic mass is 32.1. The molecule has 84 valence electrons. The molecule has 0 aliphatic carbocycles. The van der Waals surface area contributed by atoms with Gasteiger partial charge in [-0.2, -0.15) is 0 Å². The predicted octanol–water partition coefficient (Wildman–Crippen LogP) is 2.54. The Kier molecular flexibility index (Phi) is 3.05. The number of aryl methyl sites for hydroxylation is 1. The lowest BCUT2D eigenvalue weighted by Gasteiger charge is -2.09. The molecule has 2 aromatic rings. The first-order valence-corrected chi connectivity index (χ1v) is 5.86. The zero-order valence-electron chi connectivity index (χ0n) is 9.06. The van der Waals surface area contributed by atoms with Crippen LogP contribution in [0.25, 0.3) is 0 Å². The SMILES string of the molecule is Cc1ccc(C(C)NC(=O)c2cscn2)o1. The van der Waals surface area contributed by atoms with Crippen LogP contribution in [0.2, 0.25) is 0 Å². The van der Waals surface area contributed by atoms with Gasteiger partial charge in [0.05, 0.1) is 11.6 Å². The number of thiazole rings is 1. The van der Waals surface area contributed by atoms with Gasteiger partial charge in [-0.15, -0.1) is 11.3 Å². The van der Waals surface area contributed by atoms with Gasteiger partial charge in [0.25, 0.3) is 5.91 Å². The van der Waals surface area contributed by atoms with Crippen LogP contribution in [-0.2, 0) is 0 Å². The molecular weight excluding hydrogens is 224 g/mol. The average Bonchev–Trinajstić information content (AvgIpc) is 2.87. The third-order valence-corrected chi connectivity index (χ3v) is 2.79. The third kappa shape index (κ3) is 2.30. The van der Waals surface area contributed by atoms with Crippen molar-refractivity contribution in [2.75, 3.05) is 0 Å². The second-order valence-corrected chi connectivity index (χ2v) is 4.24. The Balaban J connectivity index is 2.03. The van der Waals surface area contributed by atoms with Crippen molar-refractivity contribution in [1.29, 1.82) is 0 Å². The fourth-order valence-corrected chi connectivity index (χ4v) is 1.88. The second kappa shape index (κ2) is 4.49. The molecule has 0 saturated carbocycles. The van der Waals surface area contributed by atoms with Gasteiger partial charge in [0.15, 0.2) is 0 Å². The lowest BCUT2D eigenvalue weighted by atomic mass is 10.2. The highest BCUT2D eigenvalue weighted by Gasteiger charge is 2.14. The molecule has 16 heavy (non-hydrogen) atoms. The number of carbonyl (C=O) groups excluding carboxylic acids is 1. The predicted molar refractivity (Wildman–Crippen MR) is 61.4 cm³/mol. The minimum Gasteiger partial charge on any atom is -0.464 e. The number of furan rings is 1. The molecule has 0 radical (unpaired) electrons. The van der Waals surface area contributed by atoms with Crippen molar-refractivity contribution in [1.82, 2.24) is 10.3 Å². The molecular formula is C11H12N2O2S. The van der Waals surface area contributed by atoms with Gasteiger partial charge >= 0.3 is 0 Å². The fraction of sp³-hybridized carbons (Fsp3) is 0.273. The van der Waals surface area contributed by atoms with Crippen LogP contribution >= 0.6 is 11.3 Å². The zero-order chi connectivity index (χ0) is 11.5. The lowest BCUT2D eigenvalue weighted by molar-refractivity contribution is 0.0931. The Morgan fingerprint density at radius 2 is 2.38 bits per heavy atom. The lowest BCUT2D eigenvalue weighted by Crippen LogP contribution is -2.26. The van der Waals surface area contributed by atoms with E-state index in [9.17, 15) is 4.79 Å². The monoisotopic (exact) mass is 236 g/mol. The van der Waals surface area contributed by atoms with Gasteiger partial charge in [0, 0.05) is 5.38 Å². The van der Waals surface area contributed by atoms with E-state index in [0.29, 0.717) is 5.69 Å². The minimum atomic E-state index is -0.178. The first kappa shape index (κ1) is 10.9. The summed E-state index contributed by atoms with van der Waals surface area (Å²) >= 11 is 1.40. The van der Waals surface area contributed by atoms with Crippen molar-refractivity contribution in [3.8, 4) is 0 Å². The maximum Gasteiger partial charge on any atom is 0.271 e. The van der Waals surface area contributed by atoms with Crippen LogP contribution in [-0.4, -0.2) is 10.9 Å². The molecule has 0 spiro atoms. The maximum atomic E-state index is 11.7. The highest BCUT2D eigenvalue weighted by Crippen LogP contribution is 2.16. The molecule has 0 fully saturated rings.